The fourth-order valence-electron chi connectivity index (χ4n) is 2.01. The van der Waals surface area contributed by atoms with E-state index in [1.54, 1.807) is 30.5 Å². The van der Waals surface area contributed by atoms with Gasteiger partial charge in [-0.3, -0.25) is 14.8 Å². The molecule has 2 aromatic heterocycles. The highest BCUT2D eigenvalue weighted by molar-refractivity contribution is 6.04. The standard InChI is InChI=1S/C17H10F3N3O/c18-11-5-7-14(16(20)15(11)19)23-17(24)10-4-6-13(22-9-10)12-3-1-2-8-21-12/h1-9H,(H,23,24). The van der Waals surface area contributed by atoms with Gasteiger partial charge in [-0.25, -0.2) is 13.2 Å². The lowest BCUT2D eigenvalue weighted by Crippen LogP contribution is -2.14. The van der Waals surface area contributed by atoms with E-state index in [1.807, 2.05) is 0 Å². The van der Waals surface area contributed by atoms with E-state index >= 15 is 0 Å². The summed E-state index contributed by atoms with van der Waals surface area (Å²) in [5.74, 6) is -5.12. The number of hydrogen-bond acceptors (Lipinski definition) is 3. The van der Waals surface area contributed by atoms with Gasteiger partial charge in [0.15, 0.2) is 17.5 Å². The summed E-state index contributed by atoms with van der Waals surface area (Å²) in [6.07, 6.45) is 2.90. The minimum Gasteiger partial charge on any atom is -0.319 e. The van der Waals surface area contributed by atoms with E-state index in [2.05, 4.69) is 15.3 Å². The summed E-state index contributed by atoms with van der Waals surface area (Å²) in [6.45, 7) is 0. The van der Waals surface area contributed by atoms with Crippen LogP contribution in [0.5, 0.6) is 0 Å². The predicted molar refractivity (Wildman–Crippen MR) is 81.7 cm³/mol. The van der Waals surface area contributed by atoms with Gasteiger partial charge >= 0.3 is 0 Å². The third-order valence-corrected chi connectivity index (χ3v) is 3.24. The summed E-state index contributed by atoms with van der Waals surface area (Å²) in [7, 11) is 0. The van der Waals surface area contributed by atoms with Gasteiger partial charge in [-0.2, -0.15) is 0 Å². The number of nitrogens with one attached hydrogen (secondary N) is 1. The summed E-state index contributed by atoms with van der Waals surface area (Å²) in [5, 5.41) is 2.18. The van der Waals surface area contributed by atoms with Crippen molar-refractivity contribution in [1.82, 2.24) is 9.97 Å². The number of pyridine rings is 2. The van der Waals surface area contributed by atoms with Gasteiger partial charge in [0.2, 0.25) is 0 Å². The Morgan fingerprint density at radius 1 is 0.875 bits per heavy atom. The zero-order chi connectivity index (χ0) is 17.1. The average Bonchev–Trinajstić information content (AvgIpc) is 2.63. The molecule has 1 amide bonds. The number of halogens is 3. The van der Waals surface area contributed by atoms with Crippen LogP contribution in [-0.2, 0) is 0 Å². The van der Waals surface area contributed by atoms with Crippen LogP contribution in [0.2, 0.25) is 0 Å². The molecule has 7 heteroatoms. The van der Waals surface area contributed by atoms with Crippen LogP contribution in [0.1, 0.15) is 10.4 Å². The Kier molecular flexibility index (Phi) is 4.24. The number of aromatic nitrogens is 2. The van der Waals surface area contributed by atoms with Crippen LogP contribution in [0.25, 0.3) is 11.4 Å². The molecule has 0 fully saturated rings. The van der Waals surface area contributed by atoms with E-state index in [-0.39, 0.29) is 5.56 Å². The number of anilines is 1. The Morgan fingerprint density at radius 2 is 1.67 bits per heavy atom. The molecule has 0 aliphatic rings. The number of hydrogen-bond donors (Lipinski definition) is 1. The molecule has 0 radical (unpaired) electrons. The van der Waals surface area contributed by atoms with Gasteiger partial charge in [0.05, 0.1) is 22.6 Å². The third kappa shape index (κ3) is 3.10. The van der Waals surface area contributed by atoms with Crippen LogP contribution in [0.3, 0.4) is 0 Å². The Bertz CT molecular complexity index is 884. The lowest BCUT2D eigenvalue weighted by Gasteiger charge is -2.07. The van der Waals surface area contributed by atoms with Crippen LogP contribution in [-0.4, -0.2) is 15.9 Å². The molecule has 3 aromatic rings. The van der Waals surface area contributed by atoms with Crippen molar-refractivity contribution in [3.63, 3.8) is 0 Å². The normalized spacial score (nSPS) is 10.5. The number of carbonyl (C=O) groups is 1. The molecule has 0 aliphatic carbocycles. The molecule has 0 aliphatic heterocycles. The van der Waals surface area contributed by atoms with Gasteiger partial charge in [-0.05, 0) is 36.4 Å². The molecule has 0 atom stereocenters. The molecule has 0 saturated heterocycles. The molecule has 0 spiro atoms. The van der Waals surface area contributed by atoms with Crippen LogP contribution in [0.4, 0.5) is 18.9 Å². The van der Waals surface area contributed by atoms with Gasteiger partial charge in [-0.15, -0.1) is 0 Å². The van der Waals surface area contributed by atoms with E-state index < -0.39 is 29.0 Å². The highest BCUT2D eigenvalue weighted by Gasteiger charge is 2.16. The molecular weight excluding hydrogens is 319 g/mol. The third-order valence-electron chi connectivity index (χ3n) is 3.24. The second-order valence-corrected chi connectivity index (χ2v) is 4.82. The van der Waals surface area contributed by atoms with Crippen molar-refractivity contribution in [1.29, 1.82) is 0 Å². The first-order valence-electron chi connectivity index (χ1n) is 6.88. The van der Waals surface area contributed by atoms with Crippen molar-refractivity contribution in [2.45, 2.75) is 0 Å². The van der Waals surface area contributed by atoms with E-state index in [0.717, 1.165) is 12.1 Å². The van der Waals surface area contributed by atoms with E-state index in [9.17, 15) is 18.0 Å². The van der Waals surface area contributed by atoms with Crippen molar-refractivity contribution in [3.8, 4) is 11.4 Å². The van der Waals surface area contributed by atoms with Gasteiger partial charge in [-0.1, -0.05) is 6.07 Å². The lowest BCUT2D eigenvalue weighted by molar-refractivity contribution is 0.102. The van der Waals surface area contributed by atoms with E-state index in [1.165, 1.54) is 12.3 Å². The van der Waals surface area contributed by atoms with Gasteiger partial charge in [0.25, 0.3) is 5.91 Å². The van der Waals surface area contributed by atoms with Crippen molar-refractivity contribution in [2.75, 3.05) is 5.32 Å². The summed E-state index contributed by atoms with van der Waals surface area (Å²) in [5.41, 5.74) is 0.883. The monoisotopic (exact) mass is 329 g/mol. The Balaban J connectivity index is 1.80. The smallest absolute Gasteiger partial charge is 0.257 e. The number of rotatable bonds is 3. The van der Waals surface area contributed by atoms with Gasteiger partial charge < -0.3 is 5.32 Å². The Hall–Kier alpha value is -3.22. The molecule has 0 unspecified atom stereocenters. The summed E-state index contributed by atoms with van der Waals surface area (Å²) >= 11 is 0. The maximum absolute atomic E-state index is 13.6. The summed E-state index contributed by atoms with van der Waals surface area (Å²) < 4.78 is 39.6. The van der Waals surface area contributed by atoms with Crippen LogP contribution < -0.4 is 5.32 Å². The SMILES string of the molecule is O=C(Nc1ccc(F)c(F)c1F)c1ccc(-c2ccccn2)nc1. The molecule has 24 heavy (non-hydrogen) atoms. The molecular formula is C17H10F3N3O. The second-order valence-electron chi connectivity index (χ2n) is 4.82. The highest BCUT2D eigenvalue weighted by atomic mass is 19.2. The highest BCUT2D eigenvalue weighted by Crippen LogP contribution is 2.20. The number of benzene rings is 1. The zero-order valence-corrected chi connectivity index (χ0v) is 12.1. The molecule has 1 N–H and O–H groups in total. The maximum Gasteiger partial charge on any atom is 0.257 e. The summed E-state index contributed by atoms with van der Waals surface area (Å²) in [6, 6.07) is 10.1. The fraction of sp³-hybridized carbons (Fsp3) is 0. The minimum atomic E-state index is -1.64. The molecule has 3 rings (SSSR count). The van der Waals surface area contributed by atoms with Crippen molar-refractivity contribution >= 4 is 11.6 Å². The molecule has 2 heterocycles. The topological polar surface area (TPSA) is 54.9 Å². The summed E-state index contributed by atoms with van der Waals surface area (Å²) in [4.78, 5) is 20.3. The molecule has 4 nitrogen and oxygen atoms in total. The molecule has 120 valence electrons. The lowest BCUT2D eigenvalue weighted by atomic mass is 10.2. The van der Waals surface area contributed by atoms with Crippen LogP contribution in [0, 0.1) is 17.5 Å². The number of amides is 1. The second kappa shape index (κ2) is 6.49. The van der Waals surface area contributed by atoms with E-state index in [4.69, 9.17) is 0 Å². The molecule has 0 saturated carbocycles. The van der Waals surface area contributed by atoms with Gasteiger partial charge in [0.1, 0.15) is 0 Å². The quantitative estimate of drug-likeness (QED) is 0.743. The van der Waals surface area contributed by atoms with Crippen molar-refractivity contribution in [2.24, 2.45) is 0 Å². The fourth-order valence-corrected chi connectivity index (χ4v) is 2.01. The van der Waals surface area contributed by atoms with Crippen molar-refractivity contribution < 1.29 is 18.0 Å². The first-order valence-corrected chi connectivity index (χ1v) is 6.88. The molecule has 0 bridgehead atoms. The first-order chi connectivity index (χ1) is 11.6. The molecule has 1 aromatic carbocycles. The number of nitrogens with zero attached hydrogens (tertiary/aromatic N) is 2. The average molecular weight is 329 g/mol. The first kappa shape index (κ1) is 15.7. The van der Waals surface area contributed by atoms with Gasteiger partial charge in [0, 0.05) is 12.4 Å². The van der Waals surface area contributed by atoms with Crippen LogP contribution >= 0.6 is 0 Å². The number of carbonyl (C=O) groups excluding carboxylic acids is 1. The largest absolute Gasteiger partial charge is 0.319 e. The predicted octanol–water partition coefficient (Wildman–Crippen LogP) is 3.81. The minimum absolute atomic E-state index is 0.138. The van der Waals surface area contributed by atoms with Crippen molar-refractivity contribution in [3.05, 3.63) is 77.9 Å². The Labute approximate surface area is 135 Å². The Morgan fingerprint density at radius 3 is 2.33 bits per heavy atom. The maximum atomic E-state index is 13.6. The zero-order valence-electron chi connectivity index (χ0n) is 12.1. The van der Waals surface area contributed by atoms with Crippen LogP contribution in [0.15, 0.2) is 54.9 Å². The van der Waals surface area contributed by atoms with E-state index in [0.29, 0.717) is 11.4 Å².